The van der Waals surface area contributed by atoms with E-state index in [1.807, 2.05) is 32.3 Å². The summed E-state index contributed by atoms with van der Waals surface area (Å²) in [6.45, 7) is 3.15. The van der Waals surface area contributed by atoms with E-state index in [1.165, 1.54) is 0 Å². The van der Waals surface area contributed by atoms with Crippen LogP contribution in [0.25, 0.3) is 0 Å². The Morgan fingerprint density at radius 1 is 1.62 bits per heavy atom. The smallest absolute Gasteiger partial charge is 0.0666 e. The highest BCUT2D eigenvalue weighted by molar-refractivity contribution is 5.14. The first-order chi connectivity index (χ1) is 7.69. The lowest BCUT2D eigenvalue weighted by molar-refractivity contribution is 0.233. The van der Waals surface area contributed by atoms with Crippen molar-refractivity contribution in [3.63, 3.8) is 0 Å². The maximum Gasteiger partial charge on any atom is 0.0666 e. The predicted molar refractivity (Wildman–Crippen MR) is 63.4 cm³/mol. The summed E-state index contributed by atoms with van der Waals surface area (Å²) >= 11 is 0. The third kappa shape index (κ3) is 3.30. The highest BCUT2D eigenvalue weighted by Crippen LogP contribution is 2.17. The van der Waals surface area contributed by atoms with Crippen LogP contribution in [-0.4, -0.2) is 30.0 Å². The van der Waals surface area contributed by atoms with Crippen molar-refractivity contribution < 1.29 is 0 Å². The zero-order valence-electron chi connectivity index (χ0n) is 9.80. The zero-order valence-corrected chi connectivity index (χ0v) is 9.80. The van der Waals surface area contributed by atoms with Crippen LogP contribution in [0.5, 0.6) is 0 Å². The monoisotopic (exact) mass is 218 g/mol. The molecule has 4 nitrogen and oxygen atoms in total. The third-order valence-electron chi connectivity index (χ3n) is 2.61. The topological polar surface area (TPSA) is 65.9 Å². The maximum absolute atomic E-state index is 8.79. The summed E-state index contributed by atoms with van der Waals surface area (Å²) in [5, 5.41) is 8.79. The van der Waals surface area contributed by atoms with E-state index in [9.17, 15) is 0 Å². The molecule has 2 atom stereocenters. The molecule has 0 aliphatic heterocycles. The summed E-state index contributed by atoms with van der Waals surface area (Å²) < 4.78 is 0. The van der Waals surface area contributed by atoms with Crippen LogP contribution < -0.4 is 5.73 Å². The van der Waals surface area contributed by atoms with E-state index < -0.39 is 0 Å². The first kappa shape index (κ1) is 12.6. The molecule has 2 N–H and O–H groups in total. The lowest BCUT2D eigenvalue weighted by Crippen LogP contribution is -2.33. The van der Waals surface area contributed by atoms with Gasteiger partial charge in [-0.05, 0) is 25.6 Å². The average Bonchev–Trinajstić information content (AvgIpc) is 2.31. The van der Waals surface area contributed by atoms with E-state index in [0.717, 1.165) is 5.56 Å². The van der Waals surface area contributed by atoms with Gasteiger partial charge in [0.2, 0.25) is 0 Å². The van der Waals surface area contributed by atoms with Crippen LogP contribution in [0.2, 0.25) is 0 Å². The second-order valence-electron chi connectivity index (χ2n) is 4.01. The second kappa shape index (κ2) is 6.21. The van der Waals surface area contributed by atoms with Crippen molar-refractivity contribution in [2.75, 3.05) is 20.1 Å². The van der Waals surface area contributed by atoms with Gasteiger partial charge in [-0.1, -0.05) is 6.07 Å². The molecule has 1 aromatic rings. The number of hydrogen-bond acceptors (Lipinski definition) is 4. The van der Waals surface area contributed by atoms with Crippen molar-refractivity contribution in [2.45, 2.75) is 13.0 Å². The summed E-state index contributed by atoms with van der Waals surface area (Å²) in [5.41, 5.74) is 6.87. The second-order valence-corrected chi connectivity index (χ2v) is 4.01. The van der Waals surface area contributed by atoms with Gasteiger partial charge in [0, 0.05) is 31.5 Å². The van der Waals surface area contributed by atoms with Crippen LogP contribution in [0, 0.1) is 17.2 Å². The van der Waals surface area contributed by atoms with Crippen molar-refractivity contribution in [1.82, 2.24) is 9.88 Å². The molecule has 86 valence electrons. The molecular weight excluding hydrogens is 200 g/mol. The van der Waals surface area contributed by atoms with Crippen molar-refractivity contribution in [2.24, 2.45) is 11.7 Å². The summed E-state index contributed by atoms with van der Waals surface area (Å²) in [4.78, 5) is 6.19. The van der Waals surface area contributed by atoms with E-state index in [0.29, 0.717) is 13.1 Å². The van der Waals surface area contributed by atoms with Crippen LogP contribution in [-0.2, 0) is 0 Å². The maximum atomic E-state index is 8.79. The number of rotatable bonds is 5. The first-order valence-corrected chi connectivity index (χ1v) is 5.39. The van der Waals surface area contributed by atoms with Gasteiger partial charge in [0.25, 0.3) is 0 Å². The molecule has 0 spiro atoms. The van der Waals surface area contributed by atoms with Gasteiger partial charge < -0.3 is 5.73 Å². The number of aromatic nitrogens is 1. The van der Waals surface area contributed by atoms with Gasteiger partial charge in [0.15, 0.2) is 0 Å². The molecule has 0 aromatic carbocycles. The molecule has 0 fully saturated rings. The number of likely N-dealkylation sites (N-methyl/N-ethyl adjacent to an activating group) is 1. The molecule has 16 heavy (non-hydrogen) atoms. The molecule has 0 saturated carbocycles. The predicted octanol–water partition coefficient (Wildman–Crippen LogP) is 1.17. The molecule has 0 bridgehead atoms. The van der Waals surface area contributed by atoms with E-state index in [4.69, 9.17) is 11.0 Å². The van der Waals surface area contributed by atoms with Crippen LogP contribution in [0.3, 0.4) is 0 Å². The molecule has 0 saturated heterocycles. The Balaban J connectivity index is 2.72. The minimum absolute atomic E-state index is 0.00993. The normalized spacial score (nSPS) is 14.4. The molecule has 4 heteroatoms. The summed E-state index contributed by atoms with van der Waals surface area (Å²) in [6, 6.07) is 6.27. The van der Waals surface area contributed by atoms with Crippen LogP contribution in [0.15, 0.2) is 24.5 Å². The Morgan fingerprint density at radius 2 is 2.38 bits per heavy atom. The number of nitrogens with zero attached hydrogens (tertiary/aromatic N) is 3. The molecule has 1 aromatic heterocycles. The van der Waals surface area contributed by atoms with Crippen LogP contribution in [0.4, 0.5) is 0 Å². The molecule has 1 heterocycles. The lowest BCUT2D eigenvalue weighted by Gasteiger charge is -2.27. The quantitative estimate of drug-likeness (QED) is 0.805. The fourth-order valence-electron chi connectivity index (χ4n) is 1.74. The average molecular weight is 218 g/mol. The molecule has 0 radical (unpaired) electrons. The van der Waals surface area contributed by atoms with Crippen LogP contribution in [0.1, 0.15) is 18.5 Å². The Bertz CT molecular complexity index is 344. The van der Waals surface area contributed by atoms with Crippen molar-refractivity contribution in [3.05, 3.63) is 30.1 Å². The van der Waals surface area contributed by atoms with Gasteiger partial charge in [-0.2, -0.15) is 5.26 Å². The fourth-order valence-corrected chi connectivity index (χ4v) is 1.74. The van der Waals surface area contributed by atoms with E-state index in [-0.39, 0.29) is 12.0 Å². The summed E-state index contributed by atoms with van der Waals surface area (Å²) in [5.74, 6) is 0.00993. The minimum Gasteiger partial charge on any atom is -0.329 e. The largest absolute Gasteiger partial charge is 0.329 e. The minimum atomic E-state index is 0.00993. The Morgan fingerprint density at radius 3 is 2.88 bits per heavy atom. The zero-order chi connectivity index (χ0) is 12.0. The molecule has 0 aliphatic rings. The number of pyridine rings is 1. The third-order valence-corrected chi connectivity index (χ3v) is 2.61. The Hall–Kier alpha value is -1.44. The molecule has 0 aliphatic carbocycles. The fraction of sp³-hybridized carbons (Fsp3) is 0.500. The van der Waals surface area contributed by atoms with E-state index in [2.05, 4.69) is 16.0 Å². The molecular formula is C12H18N4. The molecule has 1 rings (SSSR count). The first-order valence-electron chi connectivity index (χ1n) is 5.39. The van der Waals surface area contributed by atoms with Gasteiger partial charge in [0.05, 0.1) is 12.0 Å². The molecule has 0 amide bonds. The lowest BCUT2D eigenvalue weighted by atomic mass is 10.1. The summed E-state index contributed by atoms with van der Waals surface area (Å²) in [6.07, 6.45) is 3.57. The Labute approximate surface area is 96.7 Å². The van der Waals surface area contributed by atoms with Crippen molar-refractivity contribution in [3.8, 4) is 6.07 Å². The van der Waals surface area contributed by atoms with Gasteiger partial charge >= 0.3 is 0 Å². The number of hydrogen-bond donors (Lipinski definition) is 1. The van der Waals surface area contributed by atoms with Crippen molar-refractivity contribution in [1.29, 1.82) is 5.26 Å². The number of nitriles is 1. The highest BCUT2D eigenvalue weighted by atomic mass is 15.1. The van der Waals surface area contributed by atoms with Gasteiger partial charge in [0.1, 0.15) is 0 Å². The number of nitrogens with two attached hydrogens (primary N) is 1. The summed E-state index contributed by atoms with van der Waals surface area (Å²) in [7, 11) is 1.98. The van der Waals surface area contributed by atoms with Crippen LogP contribution >= 0.6 is 0 Å². The van der Waals surface area contributed by atoms with E-state index >= 15 is 0 Å². The van der Waals surface area contributed by atoms with E-state index in [1.54, 1.807) is 6.20 Å². The van der Waals surface area contributed by atoms with Gasteiger partial charge in [-0.3, -0.25) is 9.88 Å². The van der Waals surface area contributed by atoms with Gasteiger partial charge in [-0.25, -0.2) is 0 Å². The Kier molecular flexibility index (Phi) is 4.90. The highest BCUT2D eigenvalue weighted by Gasteiger charge is 2.17. The standard InChI is InChI=1S/C12H18N4/c1-10(6-13)9-16(2)12(7-14)11-4-3-5-15-8-11/h3-5,8,10,12H,7,9,14H2,1-2H3. The SMILES string of the molecule is CC(C#N)CN(C)C(CN)c1cccnc1. The molecule has 2 unspecified atom stereocenters. The van der Waals surface area contributed by atoms with Crippen molar-refractivity contribution >= 4 is 0 Å². The van der Waals surface area contributed by atoms with Gasteiger partial charge in [-0.15, -0.1) is 0 Å².